The van der Waals surface area contributed by atoms with E-state index in [0.29, 0.717) is 0 Å². The number of hydrogen-bond donors (Lipinski definition) is 0. The van der Waals surface area contributed by atoms with Crippen LogP contribution in [0.25, 0.3) is 0 Å². The second-order valence-electron chi connectivity index (χ2n) is 2.72. The Morgan fingerprint density at radius 1 is 1.00 bits per heavy atom. The van der Waals surface area contributed by atoms with Crippen molar-refractivity contribution in [3.63, 3.8) is 0 Å². The van der Waals surface area contributed by atoms with E-state index < -0.39 is 34.5 Å². The maximum atomic E-state index is 12.0. The lowest BCUT2D eigenvalue weighted by molar-refractivity contribution is -0.0337. The highest BCUT2D eigenvalue weighted by Crippen LogP contribution is 2.42. The molecule has 0 spiro atoms. The zero-order valence-electron chi connectivity index (χ0n) is 7.69. The normalized spacial score (nSPS) is 13.2. The third-order valence-electron chi connectivity index (χ3n) is 1.39. The highest BCUT2D eigenvalue weighted by Gasteiger charge is 2.33. The zero-order chi connectivity index (χ0) is 12.6. The molecule has 1 rings (SSSR count). The summed E-state index contributed by atoms with van der Waals surface area (Å²) in [6.45, 7) is 0. The van der Waals surface area contributed by atoms with Crippen molar-refractivity contribution >= 4 is 23.5 Å². The van der Waals surface area contributed by atoms with Gasteiger partial charge in [0.05, 0.1) is 5.03 Å². The highest BCUT2D eigenvalue weighted by atomic mass is 32.2. The minimum Gasteiger partial charge on any atom is -0.344 e. The van der Waals surface area contributed by atoms with Gasteiger partial charge >= 0.3 is 11.0 Å². The summed E-state index contributed by atoms with van der Waals surface area (Å²) in [5.74, 6) is 0. The average Bonchev–Trinajstić information content (AvgIpc) is 2.23. The summed E-state index contributed by atoms with van der Waals surface area (Å²) in [4.78, 5) is -0.262. The largest absolute Gasteiger partial charge is 0.447 e. The molecule has 0 N–H and O–H groups in total. The van der Waals surface area contributed by atoms with E-state index >= 15 is 0 Å². The molecule has 0 saturated carbocycles. The van der Waals surface area contributed by atoms with Crippen molar-refractivity contribution in [2.24, 2.45) is 7.05 Å². The lowest BCUT2D eigenvalue weighted by Gasteiger charge is -2.05. The molecule has 0 aromatic carbocycles. The van der Waals surface area contributed by atoms with Gasteiger partial charge in [-0.3, -0.25) is 0 Å². The van der Waals surface area contributed by atoms with Crippen molar-refractivity contribution in [1.29, 1.82) is 0 Å². The summed E-state index contributed by atoms with van der Waals surface area (Å²) in [5.41, 5.74) is -9.01. The summed E-state index contributed by atoms with van der Waals surface area (Å²) in [5, 5.41) is -0.278. The monoisotopic (exact) mass is 281 g/mol. The van der Waals surface area contributed by atoms with Crippen LogP contribution in [0.3, 0.4) is 0 Å². The SMILES string of the molecule is Cn1cc(SC(F)(F)F)cc1SC(F)(F)F. The zero-order valence-corrected chi connectivity index (χ0v) is 9.32. The first-order valence-electron chi connectivity index (χ1n) is 3.75. The predicted octanol–water partition coefficient (Wildman–Crippen LogP) is 4.25. The molecule has 92 valence electrons. The van der Waals surface area contributed by atoms with Crippen LogP contribution in [0.15, 0.2) is 22.2 Å². The van der Waals surface area contributed by atoms with Gasteiger partial charge in [0.15, 0.2) is 0 Å². The molecule has 0 radical (unpaired) electrons. The molecule has 1 aromatic heterocycles. The van der Waals surface area contributed by atoms with Crippen molar-refractivity contribution in [2.45, 2.75) is 20.9 Å². The Morgan fingerprint density at radius 2 is 1.50 bits per heavy atom. The van der Waals surface area contributed by atoms with Crippen LogP contribution < -0.4 is 0 Å². The van der Waals surface area contributed by atoms with E-state index in [4.69, 9.17) is 0 Å². The number of alkyl halides is 6. The maximum absolute atomic E-state index is 12.0. The van der Waals surface area contributed by atoms with E-state index in [2.05, 4.69) is 0 Å². The van der Waals surface area contributed by atoms with Crippen LogP contribution in [0.4, 0.5) is 26.3 Å². The summed E-state index contributed by atoms with van der Waals surface area (Å²) in [7, 11) is 1.26. The first kappa shape index (κ1) is 13.6. The average molecular weight is 281 g/mol. The van der Waals surface area contributed by atoms with Crippen LogP contribution in [0.2, 0.25) is 0 Å². The standard InChI is InChI=1S/C7H5F6NS2/c1-14-3-4(15-6(8,9)10)2-5(14)16-7(11,12)13/h2-3H,1H3. The van der Waals surface area contributed by atoms with E-state index in [1.807, 2.05) is 0 Å². The number of hydrogen-bond acceptors (Lipinski definition) is 2. The second-order valence-corrected chi connectivity index (χ2v) is 4.94. The highest BCUT2D eigenvalue weighted by molar-refractivity contribution is 8.01. The Labute approximate surface area is 95.2 Å². The molecule has 9 heteroatoms. The fourth-order valence-corrected chi connectivity index (χ4v) is 2.27. The van der Waals surface area contributed by atoms with Gasteiger partial charge in [0.25, 0.3) is 0 Å². The third kappa shape index (κ3) is 4.60. The van der Waals surface area contributed by atoms with Crippen LogP contribution in [0.5, 0.6) is 0 Å². The molecule has 1 heterocycles. The number of aromatic nitrogens is 1. The Morgan fingerprint density at radius 3 is 1.94 bits per heavy atom. The summed E-state index contributed by atoms with van der Waals surface area (Å²) in [6.07, 6.45) is 1.01. The Balaban J connectivity index is 2.82. The van der Waals surface area contributed by atoms with Crippen LogP contribution in [-0.4, -0.2) is 15.6 Å². The lowest BCUT2D eigenvalue weighted by atomic mass is 10.7. The maximum Gasteiger partial charge on any atom is 0.447 e. The summed E-state index contributed by atoms with van der Waals surface area (Å²) >= 11 is -0.883. The fraction of sp³-hybridized carbons (Fsp3) is 0.429. The summed E-state index contributed by atoms with van der Waals surface area (Å²) in [6, 6.07) is 0.857. The second kappa shape index (κ2) is 4.44. The van der Waals surface area contributed by atoms with Gasteiger partial charge in [-0.1, -0.05) is 0 Å². The van der Waals surface area contributed by atoms with E-state index in [1.165, 1.54) is 7.05 Å². The van der Waals surface area contributed by atoms with Gasteiger partial charge in [-0.15, -0.1) is 0 Å². The molecule has 0 unspecified atom stereocenters. The van der Waals surface area contributed by atoms with E-state index in [-0.39, 0.29) is 9.92 Å². The smallest absolute Gasteiger partial charge is 0.344 e. The van der Waals surface area contributed by atoms with Crippen LogP contribution in [-0.2, 0) is 7.05 Å². The predicted molar refractivity (Wildman–Crippen MR) is 49.2 cm³/mol. The molecular formula is C7H5F6NS2. The Kier molecular flexibility index (Phi) is 3.78. The van der Waals surface area contributed by atoms with Crippen molar-refractivity contribution in [2.75, 3.05) is 0 Å². The lowest BCUT2D eigenvalue weighted by Crippen LogP contribution is -2.01. The number of aryl methyl sites for hydroxylation is 1. The van der Waals surface area contributed by atoms with Gasteiger partial charge in [-0.25, -0.2) is 0 Å². The number of thioether (sulfide) groups is 2. The van der Waals surface area contributed by atoms with E-state index in [0.717, 1.165) is 16.8 Å². The first-order valence-corrected chi connectivity index (χ1v) is 5.38. The van der Waals surface area contributed by atoms with Gasteiger partial charge < -0.3 is 4.57 Å². The molecule has 0 amide bonds. The van der Waals surface area contributed by atoms with Gasteiger partial charge in [0.1, 0.15) is 0 Å². The van der Waals surface area contributed by atoms with Crippen LogP contribution in [0.1, 0.15) is 0 Å². The third-order valence-corrected chi connectivity index (χ3v) is 2.92. The van der Waals surface area contributed by atoms with E-state index in [9.17, 15) is 26.3 Å². The number of rotatable bonds is 2. The Bertz CT molecular complexity index is 366. The molecule has 0 bridgehead atoms. The quantitative estimate of drug-likeness (QED) is 0.590. The molecule has 1 nitrogen and oxygen atoms in total. The van der Waals surface area contributed by atoms with Gasteiger partial charge in [-0.2, -0.15) is 26.3 Å². The van der Waals surface area contributed by atoms with Crippen molar-refractivity contribution in [1.82, 2.24) is 4.57 Å². The minimum atomic E-state index is -4.51. The number of halogens is 6. The summed E-state index contributed by atoms with van der Waals surface area (Å²) < 4.78 is 72.8. The molecule has 1 aromatic rings. The molecule has 16 heavy (non-hydrogen) atoms. The van der Waals surface area contributed by atoms with Crippen molar-refractivity contribution in [3.8, 4) is 0 Å². The molecule has 0 fully saturated rings. The molecule has 0 aliphatic rings. The van der Waals surface area contributed by atoms with Gasteiger partial charge in [0.2, 0.25) is 0 Å². The van der Waals surface area contributed by atoms with Crippen molar-refractivity contribution < 1.29 is 26.3 Å². The fourth-order valence-electron chi connectivity index (χ4n) is 0.925. The molecular weight excluding hydrogens is 276 g/mol. The molecule has 0 aliphatic heterocycles. The molecule has 0 atom stereocenters. The van der Waals surface area contributed by atoms with Gasteiger partial charge in [-0.05, 0) is 17.8 Å². The van der Waals surface area contributed by atoms with E-state index in [1.54, 1.807) is 0 Å². The molecule has 0 aliphatic carbocycles. The topological polar surface area (TPSA) is 4.93 Å². The number of nitrogens with zero attached hydrogens (tertiary/aromatic N) is 1. The molecule has 0 saturated heterocycles. The van der Waals surface area contributed by atoms with Crippen LogP contribution in [0, 0.1) is 0 Å². The minimum absolute atomic E-state index is 0.262. The van der Waals surface area contributed by atoms with Crippen molar-refractivity contribution in [3.05, 3.63) is 12.3 Å². The first-order chi connectivity index (χ1) is 7.07. The Hall–Kier alpha value is -0.440. The van der Waals surface area contributed by atoms with Gasteiger partial charge in [0, 0.05) is 29.9 Å². The van der Waals surface area contributed by atoms with Crippen LogP contribution >= 0.6 is 23.5 Å².